The van der Waals surface area contributed by atoms with Crippen molar-refractivity contribution in [2.24, 2.45) is 92.7 Å². The summed E-state index contributed by atoms with van der Waals surface area (Å²) in [5.74, 6) is 2.28. The van der Waals surface area contributed by atoms with Crippen LogP contribution in [0.5, 0.6) is 0 Å². The maximum Gasteiger partial charge on any atom is 0.397 e. The summed E-state index contributed by atoms with van der Waals surface area (Å²) < 4.78 is 75.5. The zero-order valence-electron chi connectivity index (χ0n) is 40.6. The molecule has 0 bridgehead atoms. The second-order valence-electron chi connectivity index (χ2n) is 23.7. The molecular weight excluding hydrogens is 893 g/mol. The summed E-state index contributed by atoms with van der Waals surface area (Å²) in [5, 5.41) is 39.7. The number of fused-ring (bicyclic) bond motifs is 10. The van der Waals surface area contributed by atoms with E-state index in [2.05, 4.69) is 41.5 Å². The van der Waals surface area contributed by atoms with E-state index in [0.29, 0.717) is 73.5 Å². The highest BCUT2D eigenvalue weighted by molar-refractivity contribution is 7.81. The van der Waals surface area contributed by atoms with E-state index in [1.54, 1.807) is 0 Å². The number of carboxylic acids is 2. The Morgan fingerprint density at radius 3 is 1.47 bits per heavy atom. The third kappa shape index (κ3) is 10.7. The fourth-order valence-electron chi connectivity index (χ4n) is 17.9. The first-order chi connectivity index (χ1) is 29.7. The Kier molecular flexibility index (Phi) is 17.1. The third-order valence-corrected chi connectivity index (χ3v) is 21.9. The van der Waals surface area contributed by atoms with E-state index in [-0.39, 0.29) is 88.6 Å². The molecule has 0 spiro atoms. The monoisotopic (exact) mass is 979 g/mol. The number of carbonyl (C=O) groups is 2. The molecule has 66 heavy (non-hydrogen) atoms. The lowest BCUT2D eigenvalue weighted by atomic mass is 9.43. The molecule has 12 N–H and O–H groups in total. The number of hydrogen-bond acceptors (Lipinski definition) is 12. The summed E-state index contributed by atoms with van der Waals surface area (Å²) in [6.07, 6.45) is 14.1. The van der Waals surface area contributed by atoms with Crippen LogP contribution in [0.4, 0.5) is 0 Å². The fraction of sp³-hybridized carbons (Fsp3) is 0.958. The SMILES string of the molecule is C[C@H](CCC(=O)O)[C@H]1CCC2C3C(CC[C@@]21C)[C@@]1(C)CC[C@H](O)CC1C[C@@H]3O.C[C@H](CCC(=O)O)[C@H]1CCC2C3C(CC[C@@]21C)[C@@]1(C)CC[C@H](OS(=O)(=O)O)CC1C[C@@H]3OS(=O)(=O)O.N.N. The van der Waals surface area contributed by atoms with Gasteiger partial charge in [-0.15, -0.1) is 0 Å². The normalized spacial score (nSPS) is 45.8. The summed E-state index contributed by atoms with van der Waals surface area (Å²) in [6.45, 7) is 13.7. The van der Waals surface area contributed by atoms with Crippen LogP contribution in [0.1, 0.15) is 170 Å². The van der Waals surface area contributed by atoms with Gasteiger partial charge in [-0.1, -0.05) is 41.5 Å². The molecule has 18 heteroatoms. The van der Waals surface area contributed by atoms with E-state index < -0.39 is 44.9 Å². The Hall–Kier alpha value is -1.48. The van der Waals surface area contributed by atoms with Crippen LogP contribution in [-0.4, -0.2) is 82.7 Å². The molecular formula is C48H86N2O14S2. The zero-order chi connectivity index (χ0) is 46.9. The largest absolute Gasteiger partial charge is 0.481 e. The predicted octanol–water partition coefficient (Wildman–Crippen LogP) is 8.93. The molecule has 8 saturated carbocycles. The van der Waals surface area contributed by atoms with Crippen LogP contribution in [0.3, 0.4) is 0 Å². The van der Waals surface area contributed by atoms with Gasteiger partial charge in [0.15, 0.2) is 0 Å². The first-order valence-electron chi connectivity index (χ1n) is 24.8. The van der Waals surface area contributed by atoms with Crippen molar-refractivity contribution in [2.75, 3.05) is 0 Å². The van der Waals surface area contributed by atoms with Gasteiger partial charge in [0.05, 0.1) is 24.4 Å². The number of aliphatic hydroxyl groups excluding tert-OH is 2. The minimum Gasteiger partial charge on any atom is -0.481 e. The lowest BCUT2D eigenvalue weighted by Crippen LogP contribution is -2.59. The highest BCUT2D eigenvalue weighted by Gasteiger charge is 2.65. The lowest BCUT2D eigenvalue weighted by Gasteiger charge is -2.62. The molecule has 8 rings (SSSR count). The molecule has 8 aliphatic rings. The number of aliphatic carboxylic acids is 2. The first kappa shape index (κ1) is 55.4. The second-order valence-corrected chi connectivity index (χ2v) is 25.8. The van der Waals surface area contributed by atoms with Crippen LogP contribution in [0.25, 0.3) is 0 Å². The second kappa shape index (κ2) is 20.3. The van der Waals surface area contributed by atoms with Gasteiger partial charge in [-0.05, 0) is 208 Å². The van der Waals surface area contributed by atoms with Gasteiger partial charge in [0.2, 0.25) is 0 Å². The molecule has 384 valence electrons. The lowest BCUT2D eigenvalue weighted by molar-refractivity contribution is -0.174. The Morgan fingerprint density at radius 1 is 0.561 bits per heavy atom. The average Bonchev–Trinajstić information content (AvgIpc) is 3.73. The topological polar surface area (TPSA) is 312 Å². The Morgan fingerprint density at radius 2 is 0.985 bits per heavy atom. The van der Waals surface area contributed by atoms with Crippen molar-refractivity contribution in [3.05, 3.63) is 0 Å². The van der Waals surface area contributed by atoms with Crippen molar-refractivity contribution < 1.29 is 64.3 Å². The van der Waals surface area contributed by atoms with Crippen LogP contribution in [0, 0.1) is 92.7 Å². The van der Waals surface area contributed by atoms with E-state index >= 15 is 0 Å². The van der Waals surface area contributed by atoms with Gasteiger partial charge in [0.1, 0.15) is 0 Å². The van der Waals surface area contributed by atoms with Crippen molar-refractivity contribution in [3.63, 3.8) is 0 Å². The number of aliphatic hydroxyl groups is 2. The molecule has 0 aromatic heterocycles. The first-order valence-corrected chi connectivity index (χ1v) is 27.5. The number of hydrogen-bond donors (Lipinski definition) is 8. The minimum absolute atomic E-state index is 0. The van der Waals surface area contributed by atoms with Crippen molar-refractivity contribution in [3.8, 4) is 0 Å². The van der Waals surface area contributed by atoms with Crippen LogP contribution < -0.4 is 12.3 Å². The van der Waals surface area contributed by atoms with Gasteiger partial charge in [-0.2, -0.15) is 16.8 Å². The maximum absolute atomic E-state index is 11.9. The smallest absolute Gasteiger partial charge is 0.397 e. The van der Waals surface area contributed by atoms with E-state index in [1.165, 1.54) is 25.7 Å². The van der Waals surface area contributed by atoms with Gasteiger partial charge in [-0.3, -0.25) is 18.7 Å². The Balaban J connectivity index is 0.000000247. The molecule has 8 aliphatic carbocycles. The minimum atomic E-state index is -4.70. The van der Waals surface area contributed by atoms with E-state index in [9.17, 15) is 45.7 Å². The molecule has 0 aliphatic heterocycles. The molecule has 20 atom stereocenters. The molecule has 8 fully saturated rings. The van der Waals surface area contributed by atoms with E-state index in [0.717, 1.165) is 57.8 Å². The predicted molar refractivity (Wildman–Crippen MR) is 248 cm³/mol. The standard InChI is InChI=1S/C24H40O10S2.C24H40O4.2H3N/c1-14(4-7-21(25)26)17-5-6-18-22-19(9-11-24(17,18)3)23(2)10-8-16(33-35(27,28)29)12-15(23)13-20(22)34-36(30,31)32;1-14(4-7-21(27)28)17-5-6-18-22-19(9-11-24(17,18)3)23(2)10-8-16(25)12-15(23)13-20(22)26;;/h14-20,22H,4-13H2,1-3H3,(H,25,26)(H,27,28,29)(H,30,31,32);14-20,22,25-26H,4-13H2,1-3H3,(H,27,28);2*1H3/t2*14-,15?,16+,17-,18?,19?,20+,22?,23+,24-;;/m11../s1. The van der Waals surface area contributed by atoms with Crippen LogP contribution >= 0.6 is 0 Å². The molecule has 8 unspecified atom stereocenters. The molecule has 16 nitrogen and oxygen atoms in total. The molecule has 0 radical (unpaired) electrons. The van der Waals surface area contributed by atoms with Gasteiger partial charge in [0, 0.05) is 12.8 Å². The number of carboxylic acid groups (broad SMARTS) is 2. The Bertz CT molecular complexity index is 1940. The number of rotatable bonds is 12. The fourth-order valence-corrected chi connectivity index (χ4v) is 19.0. The quantitative estimate of drug-likeness (QED) is 0.0846. The van der Waals surface area contributed by atoms with E-state index in [1.807, 2.05) is 0 Å². The van der Waals surface area contributed by atoms with Gasteiger partial charge < -0.3 is 32.7 Å². The van der Waals surface area contributed by atoms with Crippen molar-refractivity contribution in [1.82, 2.24) is 12.3 Å². The average molecular weight is 979 g/mol. The van der Waals surface area contributed by atoms with Crippen molar-refractivity contribution >= 4 is 32.7 Å². The summed E-state index contributed by atoms with van der Waals surface area (Å²) in [7, 11) is -9.30. The Labute approximate surface area is 395 Å². The summed E-state index contributed by atoms with van der Waals surface area (Å²) in [6, 6.07) is 0. The highest BCUT2D eigenvalue weighted by Crippen LogP contribution is 2.70. The van der Waals surface area contributed by atoms with E-state index in [4.69, 9.17) is 18.6 Å². The van der Waals surface area contributed by atoms with Gasteiger partial charge >= 0.3 is 32.7 Å². The van der Waals surface area contributed by atoms with Gasteiger partial charge in [0.25, 0.3) is 0 Å². The molecule has 0 heterocycles. The molecule has 0 aromatic carbocycles. The van der Waals surface area contributed by atoms with Crippen molar-refractivity contribution in [2.45, 2.75) is 194 Å². The molecule has 0 aromatic rings. The van der Waals surface area contributed by atoms with Gasteiger partial charge in [-0.25, -0.2) is 8.37 Å². The summed E-state index contributed by atoms with van der Waals surface area (Å²) in [5.41, 5.74) is 0.278. The van der Waals surface area contributed by atoms with Crippen LogP contribution in [0.15, 0.2) is 0 Å². The van der Waals surface area contributed by atoms with Crippen LogP contribution in [0.2, 0.25) is 0 Å². The maximum atomic E-state index is 11.9. The summed E-state index contributed by atoms with van der Waals surface area (Å²) in [4.78, 5) is 22.2. The zero-order valence-corrected chi connectivity index (χ0v) is 42.2. The third-order valence-electron chi connectivity index (χ3n) is 20.9. The highest BCUT2D eigenvalue weighted by atomic mass is 32.3. The molecule has 0 amide bonds. The van der Waals surface area contributed by atoms with Crippen LogP contribution in [-0.2, 0) is 38.8 Å². The summed E-state index contributed by atoms with van der Waals surface area (Å²) >= 11 is 0. The van der Waals surface area contributed by atoms with Crippen molar-refractivity contribution in [1.29, 1.82) is 0 Å². The molecule has 0 saturated heterocycles.